The minimum absolute atomic E-state index is 0.810. The molecule has 0 fully saturated rings. The number of hydrogen-bond acceptors (Lipinski definition) is 1. The lowest BCUT2D eigenvalue weighted by atomic mass is 10.0. The molecule has 0 saturated heterocycles. The molecule has 3 aromatic carbocycles. The third-order valence-corrected chi connectivity index (χ3v) is 3.81. The van der Waals surface area contributed by atoms with Crippen LogP contribution in [0.5, 0.6) is 0 Å². The molecule has 0 amide bonds. The van der Waals surface area contributed by atoms with Gasteiger partial charge in [0.05, 0.1) is 11.2 Å². The molecule has 1 aromatic heterocycles. The van der Waals surface area contributed by atoms with Crippen LogP contribution in [0, 0.1) is 0 Å². The van der Waals surface area contributed by atoms with Gasteiger partial charge in [0.25, 0.3) is 0 Å². The lowest BCUT2D eigenvalue weighted by molar-refractivity contribution is 1.54. The van der Waals surface area contributed by atoms with Crippen LogP contribution in [-0.2, 0) is 0 Å². The number of aromatic amines is 1. The molecule has 2 heteroatoms. The average molecular weight is 258 g/mol. The highest BCUT2D eigenvalue weighted by molar-refractivity contribution is 6.13. The van der Waals surface area contributed by atoms with Crippen LogP contribution in [0.2, 0.25) is 0 Å². The van der Waals surface area contributed by atoms with Crippen LogP contribution in [0.4, 0.5) is 5.69 Å². The predicted octanol–water partition coefficient (Wildman–Crippen LogP) is 4.57. The topological polar surface area (TPSA) is 41.8 Å². The molecule has 4 aromatic rings. The fourth-order valence-corrected chi connectivity index (χ4v) is 2.81. The lowest BCUT2D eigenvalue weighted by Gasteiger charge is -2.07. The molecule has 0 aliphatic heterocycles. The normalized spacial score (nSPS) is 11.2. The molecule has 3 N–H and O–H groups in total. The van der Waals surface area contributed by atoms with Gasteiger partial charge in [-0.05, 0) is 11.6 Å². The van der Waals surface area contributed by atoms with Gasteiger partial charge in [0.1, 0.15) is 0 Å². The van der Waals surface area contributed by atoms with Gasteiger partial charge >= 0.3 is 0 Å². The van der Waals surface area contributed by atoms with E-state index in [2.05, 4.69) is 47.4 Å². The maximum atomic E-state index is 6.38. The predicted molar refractivity (Wildman–Crippen MR) is 85.7 cm³/mol. The Hall–Kier alpha value is -2.74. The second kappa shape index (κ2) is 4.14. The summed E-state index contributed by atoms with van der Waals surface area (Å²) >= 11 is 0. The zero-order chi connectivity index (χ0) is 13.5. The van der Waals surface area contributed by atoms with Crippen LogP contribution >= 0.6 is 0 Å². The van der Waals surface area contributed by atoms with Crippen LogP contribution in [0.1, 0.15) is 0 Å². The number of nitrogens with one attached hydrogen (secondary N) is 1. The molecule has 0 spiro atoms. The van der Waals surface area contributed by atoms with Crippen LogP contribution < -0.4 is 5.73 Å². The standard InChI is InChI=1S/C18H14N2/c19-17-13(12-6-2-1-3-7-12)10-11-15-14-8-4-5-9-16(14)20-18(15)17/h1-11,20H,19H2. The number of nitrogens with two attached hydrogens (primary N) is 1. The van der Waals surface area contributed by atoms with Crippen molar-refractivity contribution in [3.63, 3.8) is 0 Å². The Kier molecular flexibility index (Phi) is 2.30. The third-order valence-electron chi connectivity index (χ3n) is 3.81. The van der Waals surface area contributed by atoms with Gasteiger partial charge in [0, 0.05) is 21.9 Å². The first-order valence-electron chi connectivity index (χ1n) is 6.69. The number of aromatic nitrogens is 1. The van der Waals surface area contributed by atoms with Gasteiger partial charge in [0.15, 0.2) is 0 Å². The molecule has 0 unspecified atom stereocenters. The Morgan fingerprint density at radius 3 is 2.30 bits per heavy atom. The first kappa shape index (κ1) is 11.1. The van der Waals surface area contributed by atoms with Gasteiger partial charge in [-0.1, -0.05) is 60.7 Å². The Bertz CT molecular complexity index is 905. The van der Waals surface area contributed by atoms with E-state index >= 15 is 0 Å². The van der Waals surface area contributed by atoms with Gasteiger partial charge in [-0.25, -0.2) is 0 Å². The number of nitrogen functional groups attached to an aromatic ring is 1. The molecular weight excluding hydrogens is 244 g/mol. The quantitative estimate of drug-likeness (QED) is 0.482. The van der Waals surface area contributed by atoms with Crippen LogP contribution in [0.15, 0.2) is 66.7 Å². The molecule has 96 valence electrons. The van der Waals surface area contributed by atoms with Crippen molar-refractivity contribution in [1.29, 1.82) is 0 Å². The van der Waals surface area contributed by atoms with Crippen molar-refractivity contribution in [3.05, 3.63) is 66.7 Å². The van der Waals surface area contributed by atoms with Crippen molar-refractivity contribution in [2.75, 3.05) is 5.73 Å². The van der Waals surface area contributed by atoms with E-state index in [9.17, 15) is 0 Å². The van der Waals surface area contributed by atoms with E-state index in [1.54, 1.807) is 0 Å². The van der Waals surface area contributed by atoms with Gasteiger partial charge in [-0.15, -0.1) is 0 Å². The summed E-state index contributed by atoms with van der Waals surface area (Å²) in [5.41, 5.74) is 11.6. The van der Waals surface area contributed by atoms with Gasteiger partial charge in [-0.2, -0.15) is 0 Å². The van der Waals surface area contributed by atoms with Gasteiger partial charge < -0.3 is 10.7 Å². The summed E-state index contributed by atoms with van der Waals surface area (Å²) in [4.78, 5) is 3.43. The third kappa shape index (κ3) is 1.51. The number of anilines is 1. The summed E-state index contributed by atoms with van der Waals surface area (Å²) < 4.78 is 0. The minimum Gasteiger partial charge on any atom is -0.397 e. The molecule has 0 aliphatic rings. The Labute approximate surface area is 116 Å². The zero-order valence-electron chi connectivity index (χ0n) is 10.9. The van der Waals surface area contributed by atoms with Crippen molar-refractivity contribution >= 4 is 27.5 Å². The molecule has 1 heterocycles. The molecular formula is C18H14N2. The van der Waals surface area contributed by atoms with Crippen molar-refractivity contribution in [2.45, 2.75) is 0 Å². The van der Waals surface area contributed by atoms with Crippen LogP contribution in [-0.4, -0.2) is 4.98 Å². The highest BCUT2D eigenvalue weighted by Gasteiger charge is 2.10. The monoisotopic (exact) mass is 258 g/mol. The number of rotatable bonds is 1. The molecule has 0 atom stereocenters. The van der Waals surface area contributed by atoms with E-state index in [-0.39, 0.29) is 0 Å². The highest BCUT2D eigenvalue weighted by atomic mass is 14.7. The molecule has 20 heavy (non-hydrogen) atoms. The van der Waals surface area contributed by atoms with E-state index in [4.69, 9.17) is 5.73 Å². The first-order valence-corrected chi connectivity index (χ1v) is 6.69. The molecule has 0 aliphatic carbocycles. The number of benzene rings is 3. The summed E-state index contributed by atoms with van der Waals surface area (Å²) in [6.07, 6.45) is 0. The molecule has 0 saturated carbocycles. The molecule has 4 rings (SSSR count). The second-order valence-corrected chi connectivity index (χ2v) is 4.99. The molecule has 2 nitrogen and oxygen atoms in total. The molecule has 0 bridgehead atoms. The minimum atomic E-state index is 0.810. The van der Waals surface area contributed by atoms with Crippen molar-refractivity contribution in [3.8, 4) is 11.1 Å². The molecule has 0 radical (unpaired) electrons. The Balaban J connectivity index is 2.07. The van der Waals surface area contributed by atoms with E-state index in [0.717, 1.165) is 27.8 Å². The SMILES string of the molecule is Nc1c(-c2ccccc2)ccc2c1[nH]c1ccccc12. The van der Waals surface area contributed by atoms with Gasteiger partial charge in [0.2, 0.25) is 0 Å². The van der Waals surface area contributed by atoms with E-state index < -0.39 is 0 Å². The van der Waals surface area contributed by atoms with E-state index in [1.165, 1.54) is 10.8 Å². The van der Waals surface area contributed by atoms with Crippen LogP contribution in [0.3, 0.4) is 0 Å². The maximum Gasteiger partial charge on any atom is 0.0704 e. The second-order valence-electron chi connectivity index (χ2n) is 4.99. The van der Waals surface area contributed by atoms with Crippen molar-refractivity contribution in [1.82, 2.24) is 4.98 Å². The smallest absolute Gasteiger partial charge is 0.0704 e. The Morgan fingerprint density at radius 1 is 0.700 bits per heavy atom. The summed E-state index contributed by atoms with van der Waals surface area (Å²) in [6.45, 7) is 0. The number of H-pyrrole nitrogens is 1. The lowest BCUT2D eigenvalue weighted by Crippen LogP contribution is -1.91. The summed E-state index contributed by atoms with van der Waals surface area (Å²) in [5, 5.41) is 2.39. The maximum absolute atomic E-state index is 6.38. The van der Waals surface area contributed by atoms with Crippen LogP contribution in [0.25, 0.3) is 32.9 Å². The Morgan fingerprint density at radius 2 is 1.45 bits per heavy atom. The van der Waals surface area contributed by atoms with Crippen molar-refractivity contribution in [2.24, 2.45) is 0 Å². The summed E-state index contributed by atoms with van der Waals surface area (Å²) in [5.74, 6) is 0. The zero-order valence-corrected chi connectivity index (χ0v) is 10.9. The van der Waals surface area contributed by atoms with Crippen molar-refractivity contribution < 1.29 is 0 Å². The fourth-order valence-electron chi connectivity index (χ4n) is 2.81. The summed E-state index contributed by atoms with van der Waals surface area (Å²) in [6, 6.07) is 22.8. The highest BCUT2D eigenvalue weighted by Crippen LogP contribution is 2.35. The van der Waals surface area contributed by atoms with Gasteiger partial charge in [-0.3, -0.25) is 0 Å². The number of fused-ring (bicyclic) bond motifs is 3. The largest absolute Gasteiger partial charge is 0.397 e. The van der Waals surface area contributed by atoms with E-state index in [0.29, 0.717) is 0 Å². The first-order chi connectivity index (χ1) is 9.84. The number of para-hydroxylation sites is 1. The number of hydrogen-bond donors (Lipinski definition) is 2. The average Bonchev–Trinajstić information content (AvgIpc) is 2.88. The fraction of sp³-hybridized carbons (Fsp3) is 0. The van der Waals surface area contributed by atoms with E-state index in [1.807, 2.05) is 24.3 Å². The summed E-state index contributed by atoms with van der Waals surface area (Å²) in [7, 11) is 0.